The number of rotatable bonds is 4. The van der Waals surface area contributed by atoms with Crippen molar-refractivity contribution in [1.82, 2.24) is 9.97 Å². The van der Waals surface area contributed by atoms with E-state index in [9.17, 15) is 13.2 Å². The number of benzene rings is 2. The second-order valence-corrected chi connectivity index (χ2v) is 6.20. The normalized spacial score (nSPS) is 11.4. The minimum Gasteiger partial charge on any atom is -0.497 e. The molecule has 0 atom stereocenters. The number of fused-ring (bicyclic) bond motifs is 1. The van der Waals surface area contributed by atoms with Gasteiger partial charge in [-0.1, -0.05) is 18.2 Å². The van der Waals surface area contributed by atoms with E-state index in [1.54, 1.807) is 42.6 Å². The van der Waals surface area contributed by atoms with Crippen molar-refractivity contribution in [3.63, 3.8) is 0 Å². The van der Waals surface area contributed by atoms with Gasteiger partial charge in [-0.2, -0.15) is 13.2 Å². The zero-order valence-corrected chi connectivity index (χ0v) is 15.3. The highest BCUT2D eigenvalue weighted by Crippen LogP contribution is 2.39. The van der Waals surface area contributed by atoms with Gasteiger partial charge >= 0.3 is 6.18 Å². The number of hydrogen-bond acceptors (Lipinski definition) is 4. The Morgan fingerprint density at radius 2 is 1.69 bits per heavy atom. The molecule has 4 rings (SSSR count). The van der Waals surface area contributed by atoms with Crippen LogP contribution in [0, 0.1) is 0 Å². The number of alkyl halides is 3. The van der Waals surface area contributed by atoms with E-state index in [1.165, 1.54) is 25.3 Å². The molecule has 0 aliphatic heterocycles. The molecule has 7 heteroatoms. The molecular formula is C22H15F3N2O2. The Labute approximate surface area is 164 Å². The van der Waals surface area contributed by atoms with Crippen molar-refractivity contribution in [2.75, 3.05) is 7.11 Å². The smallest absolute Gasteiger partial charge is 0.417 e. The highest BCUT2D eigenvalue weighted by molar-refractivity contribution is 5.85. The van der Waals surface area contributed by atoms with Crippen LogP contribution in [0.4, 0.5) is 13.2 Å². The Balaban J connectivity index is 1.84. The first-order valence-electron chi connectivity index (χ1n) is 8.70. The third kappa shape index (κ3) is 3.85. The first-order valence-corrected chi connectivity index (χ1v) is 8.70. The van der Waals surface area contributed by atoms with Crippen molar-refractivity contribution in [3.8, 4) is 28.6 Å². The summed E-state index contributed by atoms with van der Waals surface area (Å²) in [7, 11) is 1.44. The number of nitrogens with zero attached hydrogens (tertiary/aromatic N) is 2. The van der Waals surface area contributed by atoms with E-state index < -0.39 is 11.7 Å². The van der Waals surface area contributed by atoms with Gasteiger partial charge in [0, 0.05) is 29.3 Å². The maximum atomic E-state index is 13.6. The van der Waals surface area contributed by atoms with Crippen LogP contribution in [0.5, 0.6) is 17.4 Å². The highest BCUT2D eigenvalue weighted by atomic mass is 19.4. The van der Waals surface area contributed by atoms with Gasteiger partial charge in [0.05, 0.1) is 23.9 Å². The lowest BCUT2D eigenvalue weighted by atomic mass is 10.1. The fourth-order valence-electron chi connectivity index (χ4n) is 3.00. The number of aromatic nitrogens is 2. The van der Waals surface area contributed by atoms with Crippen LogP contribution in [0.25, 0.3) is 22.2 Å². The molecule has 2 heterocycles. The predicted molar refractivity (Wildman–Crippen MR) is 103 cm³/mol. The van der Waals surface area contributed by atoms with Gasteiger partial charge in [-0.05, 0) is 36.4 Å². The van der Waals surface area contributed by atoms with E-state index >= 15 is 0 Å². The molecule has 2 aromatic carbocycles. The third-order valence-electron chi connectivity index (χ3n) is 4.34. The lowest BCUT2D eigenvalue weighted by molar-refractivity contribution is -0.136. The van der Waals surface area contributed by atoms with Gasteiger partial charge < -0.3 is 9.47 Å². The molecule has 0 fully saturated rings. The van der Waals surface area contributed by atoms with Gasteiger partial charge in [0.25, 0.3) is 0 Å². The van der Waals surface area contributed by atoms with Crippen molar-refractivity contribution < 1.29 is 22.6 Å². The fourth-order valence-corrected chi connectivity index (χ4v) is 3.00. The third-order valence-corrected chi connectivity index (χ3v) is 4.34. The summed E-state index contributed by atoms with van der Waals surface area (Å²) in [5.41, 5.74) is 0.593. The van der Waals surface area contributed by atoms with Crippen LogP contribution < -0.4 is 9.47 Å². The molecule has 4 aromatic rings. The van der Waals surface area contributed by atoms with Crippen LogP contribution in [-0.2, 0) is 6.18 Å². The van der Waals surface area contributed by atoms with Crippen molar-refractivity contribution in [2.24, 2.45) is 0 Å². The summed E-state index contributed by atoms with van der Waals surface area (Å²) < 4.78 is 51.8. The van der Waals surface area contributed by atoms with Crippen molar-refractivity contribution >= 4 is 10.9 Å². The molecular weight excluding hydrogens is 381 g/mol. The topological polar surface area (TPSA) is 44.2 Å². The maximum absolute atomic E-state index is 13.6. The first kappa shape index (κ1) is 18.7. The van der Waals surface area contributed by atoms with Crippen LogP contribution in [0.1, 0.15) is 5.56 Å². The van der Waals surface area contributed by atoms with E-state index in [4.69, 9.17) is 9.47 Å². The average Bonchev–Trinajstić information content (AvgIpc) is 2.73. The molecule has 2 aromatic heterocycles. The summed E-state index contributed by atoms with van der Waals surface area (Å²) in [5.74, 6) is 0.597. The van der Waals surface area contributed by atoms with E-state index in [-0.39, 0.29) is 16.8 Å². The second-order valence-electron chi connectivity index (χ2n) is 6.20. The molecule has 146 valence electrons. The SMILES string of the molecule is COc1ccc2c(C(F)(F)F)cc(Oc3ccccc3-c3ccccn3)nc2c1. The molecule has 29 heavy (non-hydrogen) atoms. The number of hydrogen-bond donors (Lipinski definition) is 0. The number of methoxy groups -OCH3 is 1. The summed E-state index contributed by atoms with van der Waals surface area (Å²) >= 11 is 0. The molecule has 0 bridgehead atoms. The van der Waals surface area contributed by atoms with Crippen LogP contribution in [0.2, 0.25) is 0 Å². The molecule has 0 unspecified atom stereocenters. The van der Waals surface area contributed by atoms with E-state index in [2.05, 4.69) is 9.97 Å². The quantitative estimate of drug-likeness (QED) is 0.417. The number of para-hydroxylation sites is 1. The Kier molecular flexibility index (Phi) is 4.80. The van der Waals surface area contributed by atoms with Gasteiger partial charge in [0.15, 0.2) is 0 Å². The highest BCUT2D eigenvalue weighted by Gasteiger charge is 2.34. The maximum Gasteiger partial charge on any atom is 0.417 e. The summed E-state index contributed by atoms with van der Waals surface area (Å²) in [6.45, 7) is 0. The summed E-state index contributed by atoms with van der Waals surface area (Å²) in [4.78, 5) is 8.55. The molecule has 0 amide bonds. The average molecular weight is 396 g/mol. The molecule has 0 spiro atoms. The Morgan fingerprint density at radius 3 is 2.41 bits per heavy atom. The van der Waals surface area contributed by atoms with Crippen molar-refractivity contribution in [1.29, 1.82) is 0 Å². The van der Waals surface area contributed by atoms with Crippen molar-refractivity contribution in [3.05, 3.63) is 78.5 Å². The number of halogens is 3. The Morgan fingerprint density at radius 1 is 0.897 bits per heavy atom. The standard InChI is InChI=1S/C22H15F3N2O2/c1-28-14-9-10-15-17(22(23,24)25)13-21(27-19(15)12-14)29-20-8-3-2-6-16(20)18-7-4-5-11-26-18/h2-13H,1H3. The van der Waals surface area contributed by atoms with Gasteiger partial charge in [0.2, 0.25) is 5.88 Å². The number of ether oxygens (including phenoxy) is 2. The largest absolute Gasteiger partial charge is 0.497 e. The van der Waals surface area contributed by atoms with Gasteiger partial charge in [0.1, 0.15) is 11.5 Å². The molecule has 0 saturated carbocycles. The van der Waals surface area contributed by atoms with Gasteiger partial charge in [-0.25, -0.2) is 4.98 Å². The summed E-state index contributed by atoms with van der Waals surface area (Å²) in [6, 6.07) is 17.5. The lowest BCUT2D eigenvalue weighted by Crippen LogP contribution is -2.07. The van der Waals surface area contributed by atoms with E-state index in [0.717, 1.165) is 6.07 Å². The van der Waals surface area contributed by atoms with Crippen LogP contribution in [0.3, 0.4) is 0 Å². The number of pyridine rings is 2. The van der Waals surface area contributed by atoms with Crippen LogP contribution >= 0.6 is 0 Å². The molecule has 0 aliphatic carbocycles. The van der Waals surface area contributed by atoms with Crippen LogP contribution in [-0.4, -0.2) is 17.1 Å². The zero-order valence-electron chi connectivity index (χ0n) is 15.3. The van der Waals surface area contributed by atoms with Crippen molar-refractivity contribution in [2.45, 2.75) is 6.18 Å². The zero-order chi connectivity index (χ0) is 20.4. The summed E-state index contributed by atoms with van der Waals surface area (Å²) in [6.07, 6.45) is -2.93. The molecule has 0 aliphatic rings. The Bertz CT molecular complexity index is 1160. The van der Waals surface area contributed by atoms with Gasteiger partial charge in [-0.3, -0.25) is 4.98 Å². The van der Waals surface area contributed by atoms with Crippen LogP contribution in [0.15, 0.2) is 72.9 Å². The minimum atomic E-state index is -4.56. The first-order chi connectivity index (χ1) is 14.0. The Hall–Kier alpha value is -3.61. The fraction of sp³-hybridized carbons (Fsp3) is 0.0909. The minimum absolute atomic E-state index is 0.0244. The molecule has 0 radical (unpaired) electrons. The monoisotopic (exact) mass is 396 g/mol. The predicted octanol–water partition coefficient (Wildman–Crippen LogP) is 6.12. The molecule has 0 saturated heterocycles. The lowest BCUT2D eigenvalue weighted by Gasteiger charge is -2.15. The molecule has 4 nitrogen and oxygen atoms in total. The van der Waals surface area contributed by atoms with Gasteiger partial charge in [-0.15, -0.1) is 0 Å². The molecule has 0 N–H and O–H groups in total. The van der Waals surface area contributed by atoms with E-state index in [0.29, 0.717) is 22.8 Å². The second kappa shape index (κ2) is 7.43. The summed E-state index contributed by atoms with van der Waals surface area (Å²) in [5, 5.41) is -0.0244. The van der Waals surface area contributed by atoms with E-state index in [1.807, 2.05) is 6.07 Å².